The maximum atomic E-state index is 9.51. The predicted octanol–water partition coefficient (Wildman–Crippen LogP) is 2.36. The van der Waals surface area contributed by atoms with Crippen LogP contribution < -0.4 is 0 Å². The second-order valence-electron chi connectivity index (χ2n) is 4.71. The Labute approximate surface area is 124 Å². The molecule has 2 aromatic rings. The summed E-state index contributed by atoms with van der Waals surface area (Å²) in [5.41, 5.74) is 2.31. The molecule has 2 aromatic heterocycles. The van der Waals surface area contributed by atoms with Gasteiger partial charge in [0, 0.05) is 12.6 Å². The largest absolute Gasteiger partial charge is 0.555 e. The maximum Gasteiger partial charge on any atom is 0.376 e. The number of aryl methyl sites for hydroxylation is 4. The average Bonchev–Trinajstić information content (AvgIpc) is 2.88. The Morgan fingerprint density at radius 2 is 1.90 bits per heavy atom. The Bertz CT molecular complexity index is 765. The van der Waals surface area contributed by atoms with E-state index in [2.05, 4.69) is 16.0 Å². The monoisotopic (exact) mass is 282 g/mol. The van der Waals surface area contributed by atoms with Crippen molar-refractivity contribution < 1.29 is 9.07 Å². The summed E-state index contributed by atoms with van der Waals surface area (Å²) in [6, 6.07) is 2.09. The standard InChI is InChI=1S/C14H15BN4O2/c1-7-8(2)19(10(4)17-7)14(21-15)12(6-16)13-9(3)20-11(5)18-13/h1-5H3. The molecule has 0 fully saturated rings. The van der Waals surface area contributed by atoms with Gasteiger partial charge < -0.3 is 9.07 Å². The fraction of sp³-hybridized carbons (Fsp3) is 0.357. The van der Waals surface area contributed by atoms with Crippen molar-refractivity contribution in [1.82, 2.24) is 14.5 Å². The van der Waals surface area contributed by atoms with Gasteiger partial charge in [-0.15, -0.1) is 0 Å². The van der Waals surface area contributed by atoms with Crippen molar-refractivity contribution in [3.63, 3.8) is 0 Å². The van der Waals surface area contributed by atoms with E-state index in [4.69, 9.17) is 17.1 Å². The van der Waals surface area contributed by atoms with Gasteiger partial charge in [-0.2, -0.15) is 5.26 Å². The number of hydrogen-bond acceptors (Lipinski definition) is 5. The van der Waals surface area contributed by atoms with E-state index >= 15 is 0 Å². The number of hydrogen-bond donors (Lipinski definition) is 0. The number of nitriles is 1. The van der Waals surface area contributed by atoms with E-state index in [1.807, 2.05) is 20.8 Å². The van der Waals surface area contributed by atoms with Crippen molar-refractivity contribution in [2.45, 2.75) is 34.6 Å². The molecule has 2 rings (SSSR count). The molecule has 21 heavy (non-hydrogen) atoms. The number of imidazole rings is 1. The lowest BCUT2D eigenvalue weighted by Gasteiger charge is -2.13. The van der Waals surface area contributed by atoms with E-state index in [-0.39, 0.29) is 11.5 Å². The molecule has 0 saturated carbocycles. The van der Waals surface area contributed by atoms with E-state index < -0.39 is 0 Å². The van der Waals surface area contributed by atoms with Crippen LogP contribution in [0.15, 0.2) is 4.42 Å². The van der Waals surface area contributed by atoms with Gasteiger partial charge in [-0.05, 0) is 27.7 Å². The van der Waals surface area contributed by atoms with Gasteiger partial charge in [0.1, 0.15) is 28.9 Å². The maximum absolute atomic E-state index is 9.51. The first-order valence-corrected chi connectivity index (χ1v) is 6.39. The smallest absolute Gasteiger partial charge is 0.376 e. The zero-order chi connectivity index (χ0) is 15.7. The van der Waals surface area contributed by atoms with Crippen LogP contribution in [0.25, 0.3) is 11.5 Å². The summed E-state index contributed by atoms with van der Waals surface area (Å²) in [5, 5.41) is 9.51. The molecular weight excluding hydrogens is 267 g/mol. The van der Waals surface area contributed by atoms with E-state index in [0.29, 0.717) is 23.2 Å². The summed E-state index contributed by atoms with van der Waals surface area (Å²) in [6.45, 7) is 9.02. The fourth-order valence-corrected chi connectivity index (χ4v) is 2.26. The SMILES string of the molecule is [B]OC(=C(C#N)c1nc(C)oc1C)n1c(C)nc(C)c1C. The van der Waals surface area contributed by atoms with Gasteiger partial charge in [-0.25, -0.2) is 9.97 Å². The van der Waals surface area contributed by atoms with Crippen molar-refractivity contribution in [1.29, 1.82) is 5.26 Å². The first kappa shape index (κ1) is 14.9. The molecule has 6 nitrogen and oxygen atoms in total. The molecule has 2 heterocycles. The van der Waals surface area contributed by atoms with E-state index in [0.717, 1.165) is 11.4 Å². The number of allylic oxidation sites excluding steroid dienone is 1. The molecule has 0 N–H and O–H groups in total. The highest BCUT2D eigenvalue weighted by molar-refractivity contribution is 6.04. The molecule has 0 aliphatic rings. The molecule has 0 spiro atoms. The van der Waals surface area contributed by atoms with Gasteiger partial charge in [0.15, 0.2) is 5.89 Å². The molecule has 106 valence electrons. The number of nitrogens with zero attached hydrogens (tertiary/aromatic N) is 4. The van der Waals surface area contributed by atoms with E-state index in [1.165, 1.54) is 0 Å². The lowest BCUT2D eigenvalue weighted by molar-refractivity contribution is 0.493. The molecule has 0 aliphatic heterocycles. The Morgan fingerprint density at radius 3 is 2.29 bits per heavy atom. The van der Waals surface area contributed by atoms with Crippen LogP contribution >= 0.6 is 0 Å². The molecule has 0 amide bonds. The zero-order valence-corrected chi connectivity index (χ0v) is 12.7. The van der Waals surface area contributed by atoms with Crippen LogP contribution in [0.2, 0.25) is 0 Å². The minimum absolute atomic E-state index is 0.185. The topological polar surface area (TPSA) is 76.9 Å². The van der Waals surface area contributed by atoms with Crippen LogP contribution in [0.5, 0.6) is 0 Å². The molecule has 2 radical (unpaired) electrons. The highest BCUT2D eigenvalue weighted by Crippen LogP contribution is 2.27. The van der Waals surface area contributed by atoms with Gasteiger partial charge in [-0.1, -0.05) is 0 Å². The third kappa shape index (κ3) is 2.45. The van der Waals surface area contributed by atoms with Gasteiger partial charge in [0.05, 0.1) is 5.69 Å². The Kier molecular flexibility index (Phi) is 3.89. The summed E-state index contributed by atoms with van der Waals surface area (Å²) < 4.78 is 12.0. The third-order valence-electron chi connectivity index (χ3n) is 3.29. The van der Waals surface area contributed by atoms with Gasteiger partial charge >= 0.3 is 8.05 Å². The number of oxazole rings is 1. The molecule has 0 atom stereocenters. The molecule has 0 saturated heterocycles. The van der Waals surface area contributed by atoms with Gasteiger partial charge in [-0.3, -0.25) is 4.57 Å². The third-order valence-corrected chi connectivity index (χ3v) is 3.29. The first-order chi connectivity index (χ1) is 9.90. The summed E-state index contributed by atoms with van der Waals surface area (Å²) in [5.74, 6) is 1.87. The average molecular weight is 282 g/mol. The lowest BCUT2D eigenvalue weighted by Crippen LogP contribution is -2.08. The molecule has 0 aromatic carbocycles. The highest BCUT2D eigenvalue weighted by atomic mass is 16.4. The van der Waals surface area contributed by atoms with Crippen molar-refractivity contribution in [3.05, 3.63) is 34.6 Å². The van der Waals surface area contributed by atoms with Crippen LogP contribution in [0.4, 0.5) is 0 Å². The highest BCUT2D eigenvalue weighted by Gasteiger charge is 2.21. The Balaban J connectivity index is 2.77. The summed E-state index contributed by atoms with van der Waals surface area (Å²) in [6.07, 6.45) is 0. The van der Waals surface area contributed by atoms with E-state index in [9.17, 15) is 5.26 Å². The van der Waals surface area contributed by atoms with Crippen molar-refractivity contribution in [2.75, 3.05) is 0 Å². The van der Waals surface area contributed by atoms with Gasteiger partial charge in [0.25, 0.3) is 0 Å². The van der Waals surface area contributed by atoms with Crippen molar-refractivity contribution >= 4 is 19.5 Å². The van der Waals surface area contributed by atoms with Crippen LogP contribution in [0, 0.1) is 45.9 Å². The second kappa shape index (κ2) is 5.48. The zero-order valence-electron chi connectivity index (χ0n) is 12.7. The minimum Gasteiger partial charge on any atom is -0.555 e. The van der Waals surface area contributed by atoms with Crippen molar-refractivity contribution in [2.24, 2.45) is 0 Å². The van der Waals surface area contributed by atoms with Crippen LogP contribution in [-0.4, -0.2) is 22.6 Å². The summed E-state index contributed by atoms with van der Waals surface area (Å²) >= 11 is 0. The number of rotatable bonds is 3. The first-order valence-electron chi connectivity index (χ1n) is 6.39. The number of aromatic nitrogens is 3. The van der Waals surface area contributed by atoms with Crippen molar-refractivity contribution in [3.8, 4) is 6.07 Å². The fourth-order valence-electron chi connectivity index (χ4n) is 2.26. The predicted molar refractivity (Wildman–Crippen MR) is 78.0 cm³/mol. The molecular formula is C14H15BN4O2. The van der Waals surface area contributed by atoms with Crippen LogP contribution in [0.1, 0.15) is 34.6 Å². The Hall–Kier alpha value is -2.49. The molecule has 0 aliphatic carbocycles. The lowest BCUT2D eigenvalue weighted by atomic mass is 10.2. The Morgan fingerprint density at radius 1 is 1.24 bits per heavy atom. The van der Waals surface area contributed by atoms with E-state index in [1.54, 1.807) is 18.4 Å². The van der Waals surface area contributed by atoms with Crippen LogP contribution in [-0.2, 0) is 4.65 Å². The molecule has 0 unspecified atom stereocenters. The normalized spacial score (nSPS) is 12.0. The quantitative estimate of drug-likeness (QED) is 0.490. The van der Waals surface area contributed by atoms with Crippen LogP contribution in [0.3, 0.4) is 0 Å². The minimum atomic E-state index is 0.185. The molecule has 7 heteroatoms. The molecule has 0 bridgehead atoms. The summed E-state index contributed by atoms with van der Waals surface area (Å²) in [4.78, 5) is 8.58. The summed E-state index contributed by atoms with van der Waals surface area (Å²) in [7, 11) is 5.41. The van der Waals surface area contributed by atoms with Gasteiger partial charge in [0.2, 0.25) is 5.88 Å². The second-order valence-corrected chi connectivity index (χ2v) is 4.71.